The van der Waals surface area contributed by atoms with E-state index in [2.05, 4.69) is 36.1 Å². The maximum Gasteiger partial charge on any atom is 0.389 e. The zero-order chi connectivity index (χ0) is 32.1. The maximum absolute atomic E-state index is 13.8. The summed E-state index contributed by atoms with van der Waals surface area (Å²) in [5, 5.41) is 22.0. The predicted molar refractivity (Wildman–Crippen MR) is 159 cm³/mol. The fourth-order valence-electron chi connectivity index (χ4n) is 4.34. The highest BCUT2D eigenvalue weighted by atomic mass is 35.5. The Labute approximate surface area is 264 Å². The average Bonchev–Trinajstić information content (AvgIpc) is 3.63. The second-order valence-electron chi connectivity index (χ2n) is 9.86. The van der Waals surface area contributed by atoms with Crippen LogP contribution in [0.2, 0.25) is 10.0 Å². The molecule has 0 fully saturated rings. The molecule has 232 valence electrons. The normalized spacial score (nSPS) is 11.4. The molecule has 0 unspecified atom stereocenters. The predicted octanol–water partition coefficient (Wildman–Crippen LogP) is 5.59. The van der Waals surface area contributed by atoms with Crippen LogP contribution in [-0.4, -0.2) is 53.0 Å². The number of nitrogens with one attached hydrogen (secondary N) is 2. The molecule has 0 radical (unpaired) electrons. The standard InChI is InChI=1S/C29H24Cl2F3N9O2/c1-17-12-19(30)13-21(27(44)36-15-18-6-3-2-4-7-18)25(17)37-28(45)23-14-20(39-43(23)26-22(31)8-5-11-35-26)16-42-40-24(38-41-42)9-10-29(32,33)34/h2-8,11-14H,9-10,15-16H2,1H3,(H,36,44)(H,37,45). The van der Waals surface area contributed by atoms with Crippen LogP contribution < -0.4 is 10.6 Å². The SMILES string of the molecule is Cc1cc(Cl)cc(C(=O)NCc2ccccc2)c1NC(=O)c1cc(Cn2nnc(CCC(F)(F)F)n2)nn1-c1ncccc1Cl. The highest BCUT2D eigenvalue weighted by Crippen LogP contribution is 2.28. The highest BCUT2D eigenvalue weighted by molar-refractivity contribution is 6.32. The minimum atomic E-state index is -4.36. The number of halogens is 5. The van der Waals surface area contributed by atoms with Gasteiger partial charge < -0.3 is 10.6 Å². The fourth-order valence-corrected chi connectivity index (χ4v) is 4.82. The van der Waals surface area contributed by atoms with Crippen molar-refractivity contribution in [1.82, 2.24) is 40.3 Å². The number of tetrazole rings is 1. The minimum absolute atomic E-state index is 0.00648. The van der Waals surface area contributed by atoms with Crippen LogP contribution >= 0.6 is 23.2 Å². The van der Waals surface area contributed by atoms with Crippen molar-refractivity contribution in [1.29, 1.82) is 0 Å². The van der Waals surface area contributed by atoms with E-state index in [0.717, 1.165) is 10.4 Å². The van der Waals surface area contributed by atoms with Gasteiger partial charge in [-0.25, -0.2) is 9.67 Å². The van der Waals surface area contributed by atoms with Crippen molar-refractivity contribution in [2.45, 2.75) is 39.0 Å². The van der Waals surface area contributed by atoms with Crippen molar-refractivity contribution in [3.05, 3.63) is 111 Å². The fraction of sp³-hybridized carbons (Fsp3) is 0.207. The minimum Gasteiger partial charge on any atom is -0.348 e. The third kappa shape index (κ3) is 8.02. The van der Waals surface area contributed by atoms with E-state index in [-0.39, 0.29) is 52.4 Å². The Morgan fingerprint density at radius 1 is 0.978 bits per heavy atom. The monoisotopic (exact) mass is 657 g/mol. The number of carbonyl (C=O) groups is 2. The Morgan fingerprint density at radius 2 is 1.76 bits per heavy atom. The number of hydrogen-bond donors (Lipinski definition) is 2. The largest absolute Gasteiger partial charge is 0.389 e. The van der Waals surface area contributed by atoms with Crippen molar-refractivity contribution in [3.8, 4) is 5.82 Å². The Bertz CT molecular complexity index is 1840. The summed E-state index contributed by atoms with van der Waals surface area (Å²) in [6, 6.07) is 17.0. The quantitative estimate of drug-likeness (QED) is 0.200. The van der Waals surface area contributed by atoms with Crippen LogP contribution in [-0.2, 0) is 19.5 Å². The summed E-state index contributed by atoms with van der Waals surface area (Å²) in [5.74, 6) is -1.06. The van der Waals surface area contributed by atoms with E-state index in [4.69, 9.17) is 23.2 Å². The molecule has 2 amide bonds. The van der Waals surface area contributed by atoms with Gasteiger partial charge in [-0.1, -0.05) is 53.5 Å². The van der Waals surface area contributed by atoms with Gasteiger partial charge in [0.15, 0.2) is 11.6 Å². The Hall–Kier alpha value is -4.82. The number of hydrogen-bond acceptors (Lipinski definition) is 7. The number of carbonyl (C=O) groups excluding carboxylic acids is 2. The Morgan fingerprint density at radius 3 is 2.49 bits per heavy atom. The lowest BCUT2D eigenvalue weighted by atomic mass is 10.1. The van der Waals surface area contributed by atoms with Crippen molar-refractivity contribution in [3.63, 3.8) is 0 Å². The zero-order valence-corrected chi connectivity index (χ0v) is 25.0. The highest BCUT2D eigenvalue weighted by Gasteiger charge is 2.28. The first-order valence-electron chi connectivity index (χ1n) is 13.4. The molecule has 0 aliphatic rings. The van der Waals surface area contributed by atoms with Gasteiger partial charge in [0.05, 0.1) is 28.4 Å². The Balaban J connectivity index is 1.43. The first kappa shape index (κ1) is 31.6. The molecule has 45 heavy (non-hydrogen) atoms. The molecular formula is C29H24Cl2F3N9O2. The van der Waals surface area contributed by atoms with Crippen LogP contribution in [0.5, 0.6) is 0 Å². The molecule has 2 N–H and O–H groups in total. The molecule has 0 saturated heterocycles. The molecule has 2 aromatic carbocycles. The lowest BCUT2D eigenvalue weighted by molar-refractivity contribution is -0.134. The number of pyridine rings is 1. The van der Waals surface area contributed by atoms with Gasteiger partial charge >= 0.3 is 6.18 Å². The van der Waals surface area contributed by atoms with Gasteiger partial charge in [0, 0.05) is 24.2 Å². The molecule has 0 bridgehead atoms. The second-order valence-corrected chi connectivity index (χ2v) is 10.7. The molecule has 16 heteroatoms. The van der Waals surface area contributed by atoms with Crippen molar-refractivity contribution >= 4 is 40.7 Å². The van der Waals surface area contributed by atoms with Gasteiger partial charge in [-0.2, -0.15) is 23.1 Å². The molecule has 3 aromatic heterocycles. The van der Waals surface area contributed by atoms with Crippen LogP contribution in [0, 0.1) is 6.92 Å². The third-order valence-electron chi connectivity index (χ3n) is 6.44. The number of anilines is 1. The smallest absolute Gasteiger partial charge is 0.348 e. The van der Waals surface area contributed by atoms with Gasteiger partial charge in [-0.05, 0) is 53.6 Å². The van der Waals surface area contributed by atoms with E-state index in [1.165, 1.54) is 23.0 Å². The Kier molecular flexibility index (Phi) is 9.44. The van der Waals surface area contributed by atoms with Crippen LogP contribution in [0.1, 0.15) is 49.9 Å². The molecule has 5 rings (SSSR count). The van der Waals surface area contributed by atoms with E-state index in [1.807, 2.05) is 30.3 Å². The number of aryl methyl sites for hydroxylation is 2. The van der Waals surface area contributed by atoms with Gasteiger partial charge in [-0.3, -0.25) is 9.59 Å². The van der Waals surface area contributed by atoms with E-state index in [0.29, 0.717) is 10.6 Å². The lowest BCUT2D eigenvalue weighted by Gasteiger charge is -2.15. The van der Waals surface area contributed by atoms with Crippen molar-refractivity contribution < 1.29 is 22.8 Å². The molecular weight excluding hydrogens is 634 g/mol. The summed E-state index contributed by atoms with van der Waals surface area (Å²) >= 11 is 12.7. The molecule has 3 heterocycles. The molecule has 0 atom stereocenters. The van der Waals surface area contributed by atoms with Gasteiger partial charge in [0.1, 0.15) is 12.2 Å². The number of nitrogens with zero attached hydrogens (tertiary/aromatic N) is 7. The van der Waals surface area contributed by atoms with E-state index < -0.39 is 30.8 Å². The average molecular weight is 658 g/mol. The molecule has 0 aliphatic heterocycles. The second kappa shape index (κ2) is 13.4. The van der Waals surface area contributed by atoms with E-state index >= 15 is 0 Å². The summed E-state index contributed by atoms with van der Waals surface area (Å²) < 4.78 is 39.1. The number of amides is 2. The number of alkyl halides is 3. The van der Waals surface area contributed by atoms with Crippen LogP contribution in [0.4, 0.5) is 18.9 Å². The van der Waals surface area contributed by atoms with Crippen LogP contribution in [0.3, 0.4) is 0 Å². The van der Waals surface area contributed by atoms with Crippen LogP contribution in [0.15, 0.2) is 66.9 Å². The zero-order valence-electron chi connectivity index (χ0n) is 23.5. The first-order valence-corrected chi connectivity index (χ1v) is 14.2. The van der Waals surface area contributed by atoms with Crippen molar-refractivity contribution in [2.24, 2.45) is 0 Å². The van der Waals surface area contributed by atoms with Crippen LogP contribution in [0.25, 0.3) is 5.82 Å². The molecule has 5 aromatic rings. The summed E-state index contributed by atoms with van der Waals surface area (Å²) in [6.07, 6.45) is -4.42. The molecule has 0 spiro atoms. The lowest BCUT2D eigenvalue weighted by Crippen LogP contribution is -2.26. The number of rotatable bonds is 10. The van der Waals surface area contributed by atoms with Crippen molar-refractivity contribution in [2.75, 3.05) is 5.32 Å². The number of benzene rings is 2. The third-order valence-corrected chi connectivity index (χ3v) is 6.95. The number of aromatic nitrogens is 7. The van der Waals surface area contributed by atoms with Gasteiger partial charge in [-0.15, -0.1) is 10.2 Å². The first-order chi connectivity index (χ1) is 21.5. The molecule has 0 saturated carbocycles. The maximum atomic E-state index is 13.8. The summed E-state index contributed by atoms with van der Waals surface area (Å²) in [6.45, 7) is 1.83. The summed E-state index contributed by atoms with van der Waals surface area (Å²) in [5.41, 5.74) is 2.03. The topological polar surface area (TPSA) is 133 Å². The van der Waals surface area contributed by atoms with E-state index in [1.54, 1.807) is 25.1 Å². The molecule has 0 aliphatic carbocycles. The van der Waals surface area contributed by atoms with E-state index in [9.17, 15) is 22.8 Å². The van der Waals surface area contributed by atoms with Gasteiger partial charge in [0.2, 0.25) is 0 Å². The summed E-state index contributed by atoms with van der Waals surface area (Å²) in [4.78, 5) is 32.4. The summed E-state index contributed by atoms with van der Waals surface area (Å²) in [7, 11) is 0. The molecule has 11 nitrogen and oxygen atoms in total. The van der Waals surface area contributed by atoms with Gasteiger partial charge in [0.25, 0.3) is 11.8 Å².